The van der Waals surface area contributed by atoms with E-state index in [1.807, 2.05) is 6.07 Å². The Hall–Kier alpha value is -1.31. The van der Waals surface area contributed by atoms with E-state index in [-0.39, 0.29) is 5.82 Å². The second kappa shape index (κ2) is 10.3. The summed E-state index contributed by atoms with van der Waals surface area (Å²) < 4.78 is 20.0. The highest BCUT2D eigenvalue weighted by atomic mass is 19.1. The van der Waals surface area contributed by atoms with Crippen LogP contribution in [-0.4, -0.2) is 6.61 Å². The van der Waals surface area contributed by atoms with E-state index in [4.69, 9.17) is 4.74 Å². The Morgan fingerprint density at radius 2 is 1.73 bits per heavy atom. The van der Waals surface area contributed by atoms with Gasteiger partial charge in [-0.1, -0.05) is 51.7 Å². The fourth-order valence-corrected chi connectivity index (χ4v) is 6.84. The highest BCUT2D eigenvalue weighted by molar-refractivity contribution is 5.39. The molecular weight excluding hydrogens is 371 g/mol. The number of benzene rings is 1. The molecule has 0 spiro atoms. The number of aryl methyl sites for hydroxylation is 1. The Bertz CT molecular complexity index is 711. The minimum absolute atomic E-state index is 0.207. The summed E-state index contributed by atoms with van der Waals surface area (Å²) in [5.41, 5.74) is 2.53. The van der Waals surface area contributed by atoms with E-state index in [0.717, 1.165) is 42.4 Å². The first-order chi connectivity index (χ1) is 14.7. The minimum atomic E-state index is -0.207. The normalized spacial score (nSPS) is 30.9. The largest absolute Gasteiger partial charge is 0.486 e. The van der Waals surface area contributed by atoms with Gasteiger partial charge in [-0.3, -0.25) is 0 Å². The molecule has 3 aliphatic rings. The molecule has 5 unspecified atom stereocenters. The van der Waals surface area contributed by atoms with Crippen LogP contribution in [0, 0.1) is 35.4 Å². The van der Waals surface area contributed by atoms with Crippen LogP contribution >= 0.6 is 0 Å². The Morgan fingerprint density at radius 3 is 2.53 bits per heavy atom. The van der Waals surface area contributed by atoms with E-state index in [1.54, 1.807) is 12.1 Å². The molecule has 0 heterocycles. The molecule has 1 nitrogen and oxygen atoms in total. The molecule has 2 heteroatoms. The summed E-state index contributed by atoms with van der Waals surface area (Å²) in [6.45, 7) is 6.33. The quantitative estimate of drug-likeness (QED) is 0.311. The standard InChI is InChI=1S/C28H41FO/c1-3-5-6-7-20-8-9-22-16-23(11-10-21(22)15-20)24-12-13-25-19-28(30-14-4-2)27(29)18-26(25)17-24/h4,18-24H,2-3,5-17H2,1H3. The first kappa shape index (κ1) is 21.9. The monoisotopic (exact) mass is 412 g/mol. The van der Waals surface area contributed by atoms with E-state index in [9.17, 15) is 4.39 Å². The summed E-state index contributed by atoms with van der Waals surface area (Å²) in [6, 6.07) is 3.70. The molecule has 0 saturated heterocycles. The summed E-state index contributed by atoms with van der Waals surface area (Å²) in [7, 11) is 0. The molecule has 4 rings (SSSR count). The Kier molecular flexibility index (Phi) is 7.55. The molecule has 0 aliphatic heterocycles. The van der Waals surface area contributed by atoms with Crippen molar-refractivity contribution in [2.24, 2.45) is 29.6 Å². The molecule has 0 bridgehead atoms. The van der Waals surface area contributed by atoms with Crippen molar-refractivity contribution in [3.05, 3.63) is 41.7 Å². The third-order valence-electron chi connectivity index (χ3n) is 8.52. The lowest BCUT2D eigenvalue weighted by atomic mass is 9.61. The number of rotatable bonds is 8. The van der Waals surface area contributed by atoms with Gasteiger partial charge in [0.15, 0.2) is 11.6 Å². The van der Waals surface area contributed by atoms with Crippen LogP contribution < -0.4 is 4.74 Å². The van der Waals surface area contributed by atoms with Crippen molar-refractivity contribution in [1.82, 2.24) is 0 Å². The molecule has 2 saturated carbocycles. The van der Waals surface area contributed by atoms with Crippen LogP contribution in [0.25, 0.3) is 0 Å². The third kappa shape index (κ3) is 5.11. The Balaban J connectivity index is 1.32. The van der Waals surface area contributed by atoms with Crippen LogP contribution in [0.4, 0.5) is 4.39 Å². The summed E-state index contributed by atoms with van der Waals surface area (Å²) in [5, 5.41) is 0. The second-order valence-electron chi connectivity index (χ2n) is 10.4. The Labute approximate surface area is 183 Å². The molecule has 3 aliphatic carbocycles. The summed E-state index contributed by atoms with van der Waals surface area (Å²) >= 11 is 0. The summed E-state index contributed by atoms with van der Waals surface area (Å²) in [4.78, 5) is 0. The van der Waals surface area contributed by atoms with Crippen molar-refractivity contribution in [2.75, 3.05) is 6.61 Å². The Morgan fingerprint density at radius 1 is 0.967 bits per heavy atom. The van der Waals surface area contributed by atoms with Crippen LogP contribution in [0.1, 0.15) is 88.7 Å². The maximum absolute atomic E-state index is 14.5. The highest BCUT2D eigenvalue weighted by Crippen LogP contribution is 2.49. The fourth-order valence-electron chi connectivity index (χ4n) is 6.84. The van der Waals surface area contributed by atoms with Gasteiger partial charge in [-0.2, -0.15) is 0 Å². The molecule has 30 heavy (non-hydrogen) atoms. The zero-order valence-corrected chi connectivity index (χ0v) is 19.0. The lowest BCUT2D eigenvalue weighted by Gasteiger charge is -2.45. The average Bonchev–Trinajstić information content (AvgIpc) is 2.77. The summed E-state index contributed by atoms with van der Waals surface area (Å²) in [6.07, 6.45) is 19.5. The van der Waals surface area contributed by atoms with Gasteiger partial charge < -0.3 is 4.74 Å². The van der Waals surface area contributed by atoms with Gasteiger partial charge in [0.05, 0.1) is 0 Å². The molecular formula is C28H41FO. The fraction of sp³-hybridized carbons (Fsp3) is 0.714. The van der Waals surface area contributed by atoms with Gasteiger partial charge in [-0.05, 0) is 104 Å². The first-order valence-corrected chi connectivity index (χ1v) is 12.7. The number of hydrogen-bond donors (Lipinski definition) is 0. The van der Waals surface area contributed by atoms with Crippen molar-refractivity contribution >= 4 is 0 Å². The van der Waals surface area contributed by atoms with Gasteiger partial charge in [0.1, 0.15) is 6.61 Å². The molecule has 1 aromatic carbocycles. The van der Waals surface area contributed by atoms with E-state index in [1.165, 1.54) is 81.8 Å². The van der Waals surface area contributed by atoms with E-state index < -0.39 is 0 Å². The average molecular weight is 413 g/mol. The van der Waals surface area contributed by atoms with Gasteiger partial charge in [-0.25, -0.2) is 4.39 Å². The number of ether oxygens (including phenoxy) is 1. The molecule has 0 amide bonds. The van der Waals surface area contributed by atoms with Crippen LogP contribution in [0.2, 0.25) is 0 Å². The van der Waals surface area contributed by atoms with Crippen molar-refractivity contribution < 1.29 is 9.13 Å². The topological polar surface area (TPSA) is 9.23 Å². The maximum atomic E-state index is 14.5. The third-order valence-corrected chi connectivity index (χ3v) is 8.52. The van der Waals surface area contributed by atoms with Crippen molar-refractivity contribution in [3.8, 4) is 5.75 Å². The summed E-state index contributed by atoms with van der Waals surface area (Å²) in [5.74, 6) is 4.77. The lowest BCUT2D eigenvalue weighted by molar-refractivity contribution is 0.0690. The molecule has 1 aromatic rings. The van der Waals surface area contributed by atoms with Gasteiger partial charge in [-0.15, -0.1) is 0 Å². The molecule has 0 N–H and O–H groups in total. The lowest BCUT2D eigenvalue weighted by Crippen LogP contribution is -2.35. The molecule has 166 valence electrons. The minimum Gasteiger partial charge on any atom is -0.486 e. The van der Waals surface area contributed by atoms with Crippen molar-refractivity contribution in [2.45, 2.75) is 90.4 Å². The SMILES string of the molecule is C=CCOc1cc2c(cc1F)CC(C1CCC3CC(CCCCC)CCC3C1)CC2. The van der Waals surface area contributed by atoms with Gasteiger partial charge in [0, 0.05) is 0 Å². The molecule has 2 fully saturated rings. The predicted molar refractivity (Wildman–Crippen MR) is 123 cm³/mol. The van der Waals surface area contributed by atoms with Gasteiger partial charge in [0.2, 0.25) is 0 Å². The number of fused-ring (bicyclic) bond motifs is 2. The molecule has 0 aromatic heterocycles. The number of hydrogen-bond acceptors (Lipinski definition) is 1. The van der Waals surface area contributed by atoms with Crippen LogP contribution in [0.3, 0.4) is 0 Å². The van der Waals surface area contributed by atoms with Crippen LogP contribution in [-0.2, 0) is 12.8 Å². The van der Waals surface area contributed by atoms with Crippen molar-refractivity contribution in [3.63, 3.8) is 0 Å². The van der Waals surface area contributed by atoms with Crippen LogP contribution in [0.15, 0.2) is 24.8 Å². The van der Waals surface area contributed by atoms with Crippen molar-refractivity contribution in [1.29, 1.82) is 0 Å². The van der Waals surface area contributed by atoms with Crippen LogP contribution in [0.5, 0.6) is 5.75 Å². The maximum Gasteiger partial charge on any atom is 0.165 e. The predicted octanol–water partition coefficient (Wildman–Crippen LogP) is 7.91. The van der Waals surface area contributed by atoms with Gasteiger partial charge in [0.25, 0.3) is 0 Å². The van der Waals surface area contributed by atoms with E-state index in [0.29, 0.717) is 12.4 Å². The number of halogens is 1. The smallest absolute Gasteiger partial charge is 0.165 e. The van der Waals surface area contributed by atoms with E-state index in [2.05, 4.69) is 13.5 Å². The molecule has 5 atom stereocenters. The van der Waals surface area contributed by atoms with E-state index >= 15 is 0 Å². The zero-order chi connectivity index (χ0) is 20.9. The second-order valence-corrected chi connectivity index (χ2v) is 10.4. The first-order valence-electron chi connectivity index (χ1n) is 12.7. The zero-order valence-electron chi connectivity index (χ0n) is 19.0. The molecule has 0 radical (unpaired) electrons. The highest BCUT2D eigenvalue weighted by Gasteiger charge is 2.38. The number of unbranched alkanes of at least 4 members (excludes halogenated alkanes) is 2. The van der Waals surface area contributed by atoms with Gasteiger partial charge >= 0.3 is 0 Å².